The molecule has 0 N–H and O–H groups in total. The number of amides is 1. The minimum absolute atomic E-state index is 0.0227. The molecule has 118 valence electrons. The van der Waals surface area contributed by atoms with Crippen LogP contribution in [0.1, 0.15) is 33.3 Å². The molecule has 0 saturated carbocycles. The van der Waals surface area contributed by atoms with Crippen LogP contribution in [-0.4, -0.2) is 28.1 Å². The lowest BCUT2D eigenvalue weighted by Gasteiger charge is -2.20. The van der Waals surface area contributed by atoms with Gasteiger partial charge < -0.3 is 0 Å². The third-order valence-corrected chi connectivity index (χ3v) is 4.70. The number of hydrogen-bond donors (Lipinski definition) is 0. The van der Waals surface area contributed by atoms with E-state index in [9.17, 15) is 4.79 Å². The molecule has 6 heteroatoms. The highest BCUT2D eigenvalue weighted by Gasteiger charge is 2.35. The van der Waals surface area contributed by atoms with E-state index < -0.39 is 0 Å². The Kier molecular flexibility index (Phi) is 5.59. The smallest absolute Gasteiger partial charge is 0.266 e. The molecule has 3 nitrogen and oxygen atoms in total. The Hall–Kier alpha value is -0.970. The number of benzene rings is 1. The third kappa shape index (κ3) is 3.86. The highest BCUT2D eigenvalue weighted by molar-refractivity contribution is 8.18. The van der Waals surface area contributed by atoms with Crippen LogP contribution in [0.2, 0.25) is 10.0 Å². The van der Waals surface area contributed by atoms with Crippen LogP contribution in [0.25, 0.3) is 6.08 Å². The van der Waals surface area contributed by atoms with Gasteiger partial charge >= 0.3 is 0 Å². The van der Waals surface area contributed by atoms with Gasteiger partial charge in [0.25, 0.3) is 5.91 Å². The fraction of sp³-hybridized carbons (Fsp3) is 0.375. The minimum Gasteiger partial charge on any atom is -0.284 e. The fourth-order valence-electron chi connectivity index (χ4n) is 2.01. The maximum Gasteiger partial charge on any atom is 0.266 e. The predicted octanol–water partition coefficient (Wildman–Crippen LogP) is 5.08. The molecule has 0 unspecified atom stereocenters. The first-order valence-electron chi connectivity index (χ1n) is 7.05. The van der Waals surface area contributed by atoms with E-state index in [0.29, 0.717) is 15.0 Å². The molecule has 0 aliphatic carbocycles. The van der Waals surface area contributed by atoms with Crippen LogP contribution in [0.3, 0.4) is 0 Å². The highest BCUT2D eigenvalue weighted by Crippen LogP contribution is 2.35. The second-order valence-electron chi connectivity index (χ2n) is 5.56. The SMILES string of the molecule is CC(C)N=C1S/C(=C/c2ccc(Cl)c(Cl)c2)C(=O)N1C(C)C. The van der Waals surface area contributed by atoms with E-state index in [4.69, 9.17) is 23.2 Å². The van der Waals surface area contributed by atoms with Gasteiger partial charge in [-0.25, -0.2) is 0 Å². The van der Waals surface area contributed by atoms with Gasteiger partial charge in [-0.2, -0.15) is 0 Å². The molecule has 1 heterocycles. The van der Waals surface area contributed by atoms with Crippen molar-refractivity contribution in [2.24, 2.45) is 4.99 Å². The Labute approximate surface area is 145 Å². The van der Waals surface area contributed by atoms with Crippen molar-refractivity contribution in [3.8, 4) is 0 Å². The molecule has 1 saturated heterocycles. The van der Waals surface area contributed by atoms with E-state index in [1.165, 1.54) is 11.8 Å². The molecular formula is C16H18Cl2N2OS. The quantitative estimate of drug-likeness (QED) is 0.707. The predicted molar refractivity (Wildman–Crippen MR) is 96.6 cm³/mol. The topological polar surface area (TPSA) is 32.7 Å². The van der Waals surface area contributed by atoms with E-state index in [2.05, 4.69) is 4.99 Å². The second kappa shape index (κ2) is 7.07. The van der Waals surface area contributed by atoms with Gasteiger partial charge in [0.15, 0.2) is 5.17 Å². The van der Waals surface area contributed by atoms with Crippen LogP contribution in [0.4, 0.5) is 0 Å². The molecule has 1 fully saturated rings. The van der Waals surface area contributed by atoms with Crippen molar-refractivity contribution in [2.75, 3.05) is 0 Å². The monoisotopic (exact) mass is 356 g/mol. The van der Waals surface area contributed by atoms with E-state index in [1.807, 2.05) is 39.8 Å². The van der Waals surface area contributed by atoms with Crippen molar-refractivity contribution >= 4 is 52.1 Å². The molecule has 0 spiro atoms. The first-order chi connectivity index (χ1) is 10.3. The molecule has 0 atom stereocenters. The summed E-state index contributed by atoms with van der Waals surface area (Å²) < 4.78 is 0. The van der Waals surface area contributed by atoms with Crippen molar-refractivity contribution in [1.29, 1.82) is 0 Å². The van der Waals surface area contributed by atoms with Gasteiger partial charge in [0.05, 0.1) is 15.0 Å². The number of aliphatic imine (C=N–C) groups is 1. The molecule has 22 heavy (non-hydrogen) atoms. The standard InChI is InChI=1S/C16H18Cl2N2OS/c1-9(2)19-16-20(10(3)4)15(21)14(22-16)8-11-5-6-12(17)13(18)7-11/h5-10H,1-4H3/b14-8+,19-16?. The van der Waals surface area contributed by atoms with Crippen LogP contribution in [-0.2, 0) is 4.79 Å². The average molecular weight is 357 g/mol. The van der Waals surface area contributed by atoms with Gasteiger partial charge in [-0.05, 0) is 63.2 Å². The Morgan fingerprint density at radius 1 is 1.18 bits per heavy atom. The molecule has 0 radical (unpaired) electrons. The lowest BCUT2D eigenvalue weighted by molar-refractivity contribution is -0.123. The zero-order valence-corrected chi connectivity index (χ0v) is 15.3. The zero-order valence-electron chi connectivity index (χ0n) is 12.9. The van der Waals surface area contributed by atoms with E-state index >= 15 is 0 Å². The van der Waals surface area contributed by atoms with Crippen molar-refractivity contribution in [2.45, 2.75) is 39.8 Å². The second-order valence-corrected chi connectivity index (χ2v) is 7.38. The van der Waals surface area contributed by atoms with Gasteiger partial charge in [-0.15, -0.1) is 0 Å². The van der Waals surface area contributed by atoms with Gasteiger partial charge in [0.1, 0.15) is 0 Å². The van der Waals surface area contributed by atoms with Gasteiger partial charge in [-0.1, -0.05) is 29.3 Å². The first kappa shape index (κ1) is 17.4. The maximum atomic E-state index is 12.6. The lowest BCUT2D eigenvalue weighted by atomic mass is 10.2. The summed E-state index contributed by atoms with van der Waals surface area (Å²) in [4.78, 5) is 19.5. The van der Waals surface area contributed by atoms with Crippen molar-refractivity contribution in [3.63, 3.8) is 0 Å². The van der Waals surface area contributed by atoms with E-state index in [1.54, 1.807) is 17.0 Å². The number of amidine groups is 1. The number of nitrogens with zero attached hydrogens (tertiary/aromatic N) is 2. The Bertz CT molecular complexity index is 654. The lowest BCUT2D eigenvalue weighted by Crippen LogP contribution is -2.35. The fourth-order valence-corrected chi connectivity index (χ4v) is 3.55. The van der Waals surface area contributed by atoms with Crippen LogP contribution < -0.4 is 0 Å². The number of thioether (sulfide) groups is 1. The summed E-state index contributed by atoms with van der Waals surface area (Å²) in [5.74, 6) is -0.0227. The molecule has 2 rings (SSSR count). The molecule has 0 aromatic heterocycles. The molecule has 1 amide bonds. The highest BCUT2D eigenvalue weighted by atomic mass is 35.5. The molecule has 0 bridgehead atoms. The number of halogens is 2. The number of carbonyl (C=O) groups excluding carboxylic acids is 1. The van der Waals surface area contributed by atoms with Crippen LogP contribution in [0.15, 0.2) is 28.1 Å². The molecule has 1 aliphatic heterocycles. The largest absolute Gasteiger partial charge is 0.284 e. The van der Waals surface area contributed by atoms with Crippen LogP contribution in [0.5, 0.6) is 0 Å². The Morgan fingerprint density at radius 2 is 1.86 bits per heavy atom. The number of carbonyl (C=O) groups is 1. The summed E-state index contributed by atoms with van der Waals surface area (Å²) in [5, 5.41) is 1.73. The summed E-state index contributed by atoms with van der Waals surface area (Å²) >= 11 is 13.3. The minimum atomic E-state index is -0.0227. The summed E-state index contributed by atoms with van der Waals surface area (Å²) in [5.41, 5.74) is 0.847. The third-order valence-electron chi connectivity index (χ3n) is 2.96. The zero-order chi connectivity index (χ0) is 16.4. The molecule has 1 aliphatic rings. The van der Waals surface area contributed by atoms with Crippen molar-refractivity contribution in [1.82, 2.24) is 4.90 Å². The first-order valence-corrected chi connectivity index (χ1v) is 8.62. The van der Waals surface area contributed by atoms with E-state index in [0.717, 1.165) is 10.7 Å². The molecule has 1 aromatic carbocycles. The normalized spacial score (nSPS) is 19.3. The summed E-state index contributed by atoms with van der Waals surface area (Å²) in [6.45, 7) is 7.96. The van der Waals surface area contributed by atoms with Gasteiger partial charge in [-0.3, -0.25) is 14.7 Å². The summed E-state index contributed by atoms with van der Waals surface area (Å²) in [7, 11) is 0. The summed E-state index contributed by atoms with van der Waals surface area (Å²) in [6, 6.07) is 5.52. The van der Waals surface area contributed by atoms with Gasteiger partial charge in [0.2, 0.25) is 0 Å². The van der Waals surface area contributed by atoms with Gasteiger partial charge in [0, 0.05) is 12.1 Å². The maximum absolute atomic E-state index is 12.6. The molecular weight excluding hydrogens is 339 g/mol. The Morgan fingerprint density at radius 3 is 2.41 bits per heavy atom. The molecule has 1 aromatic rings. The summed E-state index contributed by atoms with van der Waals surface area (Å²) in [6.07, 6.45) is 1.83. The van der Waals surface area contributed by atoms with Crippen molar-refractivity contribution < 1.29 is 4.79 Å². The van der Waals surface area contributed by atoms with E-state index in [-0.39, 0.29) is 18.0 Å². The Balaban J connectivity index is 2.38. The average Bonchev–Trinajstić information content (AvgIpc) is 2.69. The van der Waals surface area contributed by atoms with Crippen LogP contribution >= 0.6 is 35.0 Å². The van der Waals surface area contributed by atoms with Crippen LogP contribution in [0, 0.1) is 0 Å². The number of rotatable bonds is 3. The number of hydrogen-bond acceptors (Lipinski definition) is 3. The van der Waals surface area contributed by atoms with Crippen molar-refractivity contribution in [3.05, 3.63) is 38.7 Å².